The third-order valence-electron chi connectivity index (χ3n) is 2.94. The maximum Gasteiger partial charge on any atom is 0.223 e. The van der Waals surface area contributed by atoms with E-state index in [9.17, 15) is 4.79 Å². The van der Waals surface area contributed by atoms with Crippen LogP contribution in [0.4, 0.5) is 0 Å². The lowest BCUT2D eigenvalue weighted by atomic mass is 10.1. The van der Waals surface area contributed by atoms with Gasteiger partial charge in [0.15, 0.2) is 0 Å². The molecular weight excluding hydrogens is 236 g/mol. The second kappa shape index (κ2) is 5.95. The van der Waals surface area contributed by atoms with E-state index in [2.05, 4.69) is 20.5 Å². The molecule has 92 valence electrons. The number of hydrogen-bond acceptors (Lipinski definition) is 5. The fourth-order valence-electron chi connectivity index (χ4n) is 1.97. The van der Waals surface area contributed by atoms with Crippen molar-refractivity contribution in [1.82, 2.24) is 20.5 Å². The van der Waals surface area contributed by atoms with Crippen LogP contribution in [0.25, 0.3) is 0 Å². The Hall–Kier alpha value is -1.17. The van der Waals surface area contributed by atoms with Gasteiger partial charge < -0.3 is 5.32 Å². The molecule has 1 saturated carbocycles. The maximum atomic E-state index is 11.8. The SMILES string of the molecule is CSc1ncc(CNC(=O)C2CCCC2)nn1. The Morgan fingerprint density at radius 1 is 1.47 bits per heavy atom. The minimum absolute atomic E-state index is 0.137. The van der Waals surface area contributed by atoms with Gasteiger partial charge in [-0.3, -0.25) is 4.79 Å². The first-order chi connectivity index (χ1) is 8.29. The first-order valence-corrected chi connectivity index (χ1v) is 7.02. The zero-order valence-electron chi connectivity index (χ0n) is 9.85. The standard InChI is InChI=1S/C11H16N4OS/c1-17-11-13-7-9(14-15-11)6-12-10(16)8-4-2-3-5-8/h7-8H,2-6H2,1H3,(H,12,16). The number of thioether (sulfide) groups is 1. The number of hydrogen-bond donors (Lipinski definition) is 1. The van der Waals surface area contributed by atoms with Crippen molar-refractivity contribution in [2.75, 3.05) is 6.26 Å². The highest BCUT2D eigenvalue weighted by molar-refractivity contribution is 7.98. The molecule has 1 aliphatic rings. The van der Waals surface area contributed by atoms with Gasteiger partial charge in [0.2, 0.25) is 11.1 Å². The van der Waals surface area contributed by atoms with Crippen molar-refractivity contribution in [2.24, 2.45) is 5.92 Å². The molecule has 0 unspecified atom stereocenters. The summed E-state index contributed by atoms with van der Waals surface area (Å²) < 4.78 is 0. The number of aromatic nitrogens is 3. The molecule has 0 atom stereocenters. The monoisotopic (exact) mass is 252 g/mol. The molecule has 1 aromatic rings. The number of carbonyl (C=O) groups excluding carboxylic acids is 1. The van der Waals surface area contributed by atoms with Crippen molar-refractivity contribution in [3.8, 4) is 0 Å². The summed E-state index contributed by atoms with van der Waals surface area (Å²) in [5.74, 6) is 0.333. The molecule has 0 saturated heterocycles. The van der Waals surface area contributed by atoms with E-state index >= 15 is 0 Å². The molecule has 1 amide bonds. The highest BCUT2D eigenvalue weighted by atomic mass is 32.2. The molecule has 17 heavy (non-hydrogen) atoms. The molecular formula is C11H16N4OS. The van der Waals surface area contributed by atoms with Gasteiger partial charge in [-0.2, -0.15) is 0 Å². The average Bonchev–Trinajstić information content (AvgIpc) is 2.90. The van der Waals surface area contributed by atoms with Gasteiger partial charge >= 0.3 is 0 Å². The molecule has 2 rings (SSSR count). The first kappa shape index (κ1) is 12.3. The van der Waals surface area contributed by atoms with Crippen LogP contribution in [0.15, 0.2) is 11.4 Å². The van der Waals surface area contributed by atoms with E-state index in [1.54, 1.807) is 6.20 Å². The smallest absolute Gasteiger partial charge is 0.223 e. The van der Waals surface area contributed by atoms with Crippen LogP contribution in [0.1, 0.15) is 31.4 Å². The summed E-state index contributed by atoms with van der Waals surface area (Å²) in [6, 6.07) is 0. The second-order valence-corrected chi connectivity index (χ2v) is 4.91. The highest BCUT2D eigenvalue weighted by Crippen LogP contribution is 2.24. The van der Waals surface area contributed by atoms with E-state index in [0.29, 0.717) is 17.4 Å². The largest absolute Gasteiger partial charge is 0.350 e. The quantitative estimate of drug-likeness (QED) is 0.820. The van der Waals surface area contributed by atoms with Crippen LogP contribution in [0, 0.1) is 5.92 Å². The molecule has 1 heterocycles. The van der Waals surface area contributed by atoms with E-state index in [0.717, 1.165) is 12.8 Å². The Balaban J connectivity index is 1.82. The number of nitrogens with one attached hydrogen (secondary N) is 1. The van der Waals surface area contributed by atoms with E-state index in [-0.39, 0.29) is 11.8 Å². The lowest BCUT2D eigenvalue weighted by Gasteiger charge is -2.09. The summed E-state index contributed by atoms with van der Waals surface area (Å²) in [7, 11) is 0. The van der Waals surface area contributed by atoms with Gasteiger partial charge in [-0.1, -0.05) is 24.6 Å². The van der Waals surface area contributed by atoms with Crippen LogP contribution in [-0.2, 0) is 11.3 Å². The molecule has 1 aliphatic carbocycles. The molecule has 0 spiro atoms. The molecule has 0 aliphatic heterocycles. The third kappa shape index (κ3) is 3.39. The molecule has 0 radical (unpaired) electrons. The summed E-state index contributed by atoms with van der Waals surface area (Å²) in [4.78, 5) is 15.9. The fourth-order valence-corrected chi connectivity index (χ4v) is 2.25. The second-order valence-electron chi connectivity index (χ2n) is 4.14. The summed E-state index contributed by atoms with van der Waals surface area (Å²) in [5.41, 5.74) is 0.703. The van der Waals surface area contributed by atoms with Crippen molar-refractivity contribution >= 4 is 17.7 Å². The lowest BCUT2D eigenvalue weighted by Crippen LogP contribution is -2.29. The van der Waals surface area contributed by atoms with Gasteiger partial charge in [-0.25, -0.2) is 4.98 Å². The summed E-state index contributed by atoms with van der Waals surface area (Å²) in [6.45, 7) is 0.421. The van der Waals surface area contributed by atoms with E-state index in [1.165, 1.54) is 24.6 Å². The first-order valence-electron chi connectivity index (χ1n) is 5.80. The molecule has 6 heteroatoms. The van der Waals surface area contributed by atoms with Crippen LogP contribution in [0.3, 0.4) is 0 Å². The number of carbonyl (C=O) groups is 1. The molecule has 1 aromatic heterocycles. The zero-order valence-corrected chi connectivity index (χ0v) is 10.7. The molecule has 5 nitrogen and oxygen atoms in total. The zero-order chi connectivity index (χ0) is 12.1. The van der Waals surface area contributed by atoms with Crippen LogP contribution in [-0.4, -0.2) is 27.3 Å². The normalized spacial score (nSPS) is 16.1. The Morgan fingerprint density at radius 3 is 2.82 bits per heavy atom. The minimum Gasteiger partial charge on any atom is -0.350 e. The molecule has 0 aromatic carbocycles. The maximum absolute atomic E-state index is 11.8. The molecule has 1 fully saturated rings. The van der Waals surface area contributed by atoms with Crippen LogP contribution >= 0.6 is 11.8 Å². The van der Waals surface area contributed by atoms with Gasteiger partial charge in [0.05, 0.1) is 12.7 Å². The number of amides is 1. The van der Waals surface area contributed by atoms with Crippen molar-refractivity contribution in [3.05, 3.63) is 11.9 Å². The Labute approximate surface area is 105 Å². The van der Waals surface area contributed by atoms with Crippen molar-refractivity contribution < 1.29 is 4.79 Å². The predicted molar refractivity (Wildman–Crippen MR) is 65.4 cm³/mol. The number of rotatable bonds is 4. The van der Waals surface area contributed by atoms with Gasteiger partial charge in [0.25, 0.3) is 0 Å². The Morgan fingerprint density at radius 2 is 2.24 bits per heavy atom. The van der Waals surface area contributed by atoms with Crippen molar-refractivity contribution in [3.63, 3.8) is 0 Å². The predicted octanol–water partition coefficient (Wildman–Crippen LogP) is 1.40. The van der Waals surface area contributed by atoms with Crippen molar-refractivity contribution in [1.29, 1.82) is 0 Å². The van der Waals surface area contributed by atoms with Gasteiger partial charge in [0, 0.05) is 5.92 Å². The summed E-state index contributed by atoms with van der Waals surface area (Å²) in [6.07, 6.45) is 7.93. The topological polar surface area (TPSA) is 67.8 Å². The van der Waals surface area contributed by atoms with Gasteiger partial charge in [-0.15, -0.1) is 10.2 Å². The summed E-state index contributed by atoms with van der Waals surface area (Å²) in [5, 5.41) is 11.5. The van der Waals surface area contributed by atoms with Crippen LogP contribution in [0.2, 0.25) is 0 Å². The number of nitrogens with zero attached hydrogens (tertiary/aromatic N) is 3. The Bertz CT molecular complexity index is 376. The van der Waals surface area contributed by atoms with E-state index in [4.69, 9.17) is 0 Å². The Kier molecular flexibility index (Phi) is 4.30. The minimum atomic E-state index is 0.137. The highest BCUT2D eigenvalue weighted by Gasteiger charge is 2.22. The van der Waals surface area contributed by atoms with E-state index in [1.807, 2.05) is 6.26 Å². The fraction of sp³-hybridized carbons (Fsp3) is 0.636. The van der Waals surface area contributed by atoms with Crippen molar-refractivity contribution in [2.45, 2.75) is 37.4 Å². The van der Waals surface area contributed by atoms with E-state index < -0.39 is 0 Å². The van der Waals surface area contributed by atoms with Crippen LogP contribution < -0.4 is 5.32 Å². The average molecular weight is 252 g/mol. The van der Waals surface area contributed by atoms with Crippen LogP contribution in [0.5, 0.6) is 0 Å². The lowest BCUT2D eigenvalue weighted by molar-refractivity contribution is -0.124. The van der Waals surface area contributed by atoms with Gasteiger partial charge in [-0.05, 0) is 19.1 Å². The molecule has 0 bridgehead atoms. The van der Waals surface area contributed by atoms with Gasteiger partial charge in [0.1, 0.15) is 5.69 Å². The third-order valence-corrected chi connectivity index (χ3v) is 3.49. The molecule has 1 N–H and O–H groups in total. The summed E-state index contributed by atoms with van der Waals surface area (Å²) >= 11 is 1.45.